The van der Waals surface area contributed by atoms with Crippen LogP contribution >= 0.6 is 0 Å². The van der Waals surface area contributed by atoms with Crippen molar-refractivity contribution in [3.8, 4) is 0 Å². The van der Waals surface area contributed by atoms with Gasteiger partial charge in [-0.3, -0.25) is 94.8 Å². The average Bonchev–Trinajstić information content (AvgIpc) is 1.70. The number of amides is 13. The summed E-state index contributed by atoms with van der Waals surface area (Å²) in [5, 5.41) is 109. The molecule has 14 atom stereocenters. The second-order valence-electron chi connectivity index (χ2n) is 35.8. The molecule has 137 heavy (non-hydrogen) atoms. The first kappa shape index (κ1) is 115. The van der Waals surface area contributed by atoms with Gasteiger partial charge in [-0.05, 0) is 142 Å². The lowest BCUT2D eigenvalue weighted by molar-refractivity contribution is -0.144. The van der Waals surface area contributed by atoms with Crippen LogP contribution in [0.1, 0.15) is 171 Å². The Morgan fingerprint density at radius 1 is 0.277 bits per heavy atom. The van der Waals surface area contributed by atoms with Gasteiger partial charge in [-0.25, -0.2) is 4.79 Å². The number of nitrogens with two attached hydrogens (primary N) is 7. The lowest BCUT2D eigenvalue weighted by atomic mass is 9.97. The number of hydrogen-bond donors (Lipinski definition) is 35. The van der Waals surface area contributed by atoms with Gasteiger partial charge in [0.1, 0.15) is 78.5 Å². The summed E-state index contributed by atoms with van der Waals surface area (Å²) in [6.07, 6.45) is 2.84. The quantitative estimate of drug-likeness (QED) is 0.0113. The normalized spacial score (nSPS) is 14.4. The number of rotatable bonds is 61. The Morgan fingerprint density at radius 3 is 0.723 bits per heavy atom. The van der Waals surface area contributed by atoms with Crippen molar-refractivity contribution in [2.24, 2.45) is 75.6 Å². The third kappa shape index (κ3) is 40.4. The van der Waals surface area contributed by atoms with Gasteiger partial charge in [-0.2, -0.15) is 0 Å². The third-order valence-electron chi connectivity index (χ3n) is 22.4. The maximum absolute atomic E-state index is 15.2. The molecule has 49 heteroatoms. The van der Waals surface area contributed by atoms with Gasteiger partial charge in [0.25, 0.3) is 0 Å². The minimum atomic E-state index is -1.57. The van der Waals surface area contributed by atoms with Crippen molar-refractivity contribution in [1.82, 2.24) is 111 Å². The first-order valence-electron chi connectivity index (χ1n) is 46.0. The summed E-state index contributed by atoms with van der Waals surface area (Å²) < 4.78 is 0. The van der Waals surface area contributed by atoms with Gasteiger partial charge < -0.3 is 156 Å². The topological polar surface area (TPSA) is 845 Å². The predicted octanol–water partition coefficient (Wildman–Crippen LogP) is -4.34. The number of para-hydroxylation sites is 2. The monoisotopic (exact) mass is 1920 g/mol. The van der Waals surface area contributed by atoms with Crippen molar-refractivity contribution in [3.63, 3.8) is 0 Å². The third-order valence-corrected chi connectivity index (χ3v) is 22.4. The summed E-state index contributed by atoms with van der Waals surface area (Å²) in [6, 6.07) is -5.55. The summed E-state index contributed by atoms with van der Waals surface area (Å²) in [4.78, 5) is 210. The molecule has 2 heterocycles. The number of nitrogens with one attached hydrogen (secondary N) is 27. The number of aliphatic carboxylic acids is 1. The van der Waals surface area contributed by atoms with E-state index in [-0.39, 0.29) is 141 Å². The minimum Gasteiger partial charge on any atom is -0.480 e. The first-order valence-corrected chi connectivity index (χ1v) is 46.0. The molecule has 0 aliphatic rings. The number of carboxylic acids is 1. The average molecular weight is 1920 g/mol. The van der Waals surface area contributed by atoms with Crippen LogP contribution in [0.4, 0.5) is 0 Å². The number of benzene rings is 2. The predicted molar refractivity (Wildman–Crippen MR) is 519 cm³/mol. The van der Waals surface area contributed by atoms with Crippen molar-refractivity contribution < 1.29 is 72.2 Å². The number of carboxylic acid groups (broad SMARTS) is 1. The van der Waals surface area contributed by atoms with E-state index in [9.17, 15) is 57.8 Å². The van der Waals surface area contributed by atoms with Gasteiger partial charge >= 0.3 is 5.97 Å². The van der Waals surface area contributed by atoms with E-state index in [1.54, 1.807) is 120 Å². The standard InChI is InChI=1S/C88H148N34O15/c1-43(2)63(77(131)114-58(29-19-35-104-85(94)95)71(125)111-57(28-18-34-103-84(92)93)72(126)116-62(40-50-42-109-55-26-16-14-24-52(50)55)76(130)113-60(31-21-37-106-87(98)99)74(128)119-67(47(9)10)81(135)122-68(48(11)12)82(136)137)120-80(134)66(46(7)8)118-75(129)61(32-22-38-107-88(100)101)115-78(132)64(44(3)4)121-79(133)65(45(5)6)117-73(127)59(30-20-36-105-86(96)97)112-70(124)56(27-17-33-102-83(90)91)110-69(123)53(89)39-49-41-108-54-25-15-13-23-51(49)54/h13-16,23-26,41-48,53,56-68,108-109H,17-22,27-40,89H2,1-12H3,(H,110,123)(H,111,125)(H,112,124)(H,113,130)(H,114,131)(H,115,132)(H,116,126)(H,117,127)(H,118,129)(H,119,128)(H,120,134)(H,121,133)(H,122,135)(H,136,137)(H4,90,91,102)(H4,92,93,103)(H4,94,95,104)(H4,96,97,105)(H4,98,99,106)(H4,100,101,107)/t53-,56-,57-,58-,59-,60-,61-,62-,63-,64-,65-,66-,67-,68-/m0/s1. The van der Waals surface area contributed by atoms with E-state index < -0.39 is 227 Å². The number of H-pyrrole nitrogens is 2. The lowest BCUT2D eigenvalue weighted by Gasteiger charge is -2.31. The summed E-state index contributed by atoms with van der Waals surface area (Å²) in [5.41, 5.74) is 42.7. The molecule has 2 aromatic carbocycles. The fourth-order valence-electron chi connectivity index (χ4n) is 14.7. The first-order chi connectivity index (χ1) is 64.5. The molecule has 760 valence electrons. The van der Waals surface area contributed by atoms with Gasteiger partial charge in [-0.1, -0.05) is 119 Å². The van der Waals surface area contributed by atoms with E-state index in [1.165, 1.54) is 0 Å². The van der Waals surface area contributed by atoms with Crippen LogP contribution in [0.2, 0.25) is 0 Å². The molecule has 4 aromatic rings. The lowest BCUT2D eigenvalue weighted by Crippen LogP contribution is -2.62. The van der Waals surface area contributed by atoms with E-state index in [1.807, 2.05) is 24.3 Å². The van der Waals surface area contributed by atoms with Crippen LogP contribution in [0.15, 0.2) is 60.9 Å². The van der Waals surface area contributed by atoms with Crippen LogP contribution in [-0.2, 0) is 80.0 Å². The zero-order chi connectivity index (χ0) is 103. The Labute approximate surface area is 797 Å². The Morgan fingerprint density at radius 2 is 0.474 bits per heavy atom. The van der Waals surface area contributed by atoms with Crippen LogP contribution < -0.4 is 141 Å². The largest absolute Gasteiger partial charge is 0.480 e. The van der Waals surface area contributed by atoms with E-state index in [4.69, 9.17) is 72.6 Å². The highest BCUT2D eigenvalue weighted by molar-refractivity contribution is 6.01. The number of fused-ring (bicyclic) bond motifs is 2. The molecule has 2 aromatic heterocycles. The van der Waals surface area contributed by atoms with Gasteiger partial charge in [-0.15, -0.1) is 0 Å². The van der Waals surface area contributed by atoms with Gasteiger partial charge in [0.2, 0.25) is 76.8 Å². The van der Waals surface area contributed by atoms with Crippen molar-refractivity contribution in [2.45, 2.75) is 258 Å². The number of carbonyl (C=O) groups is 14. The Hall–Kier alpha value is -14.3. The summed E-state index contributed by atoms with van der Waals surface area (Å²) >= 11 is 0. The molecule has 0 fully saturated rings. The van der Waals surface area contributed by atoms with Crippen LogP contribution in [0.5, 0.6) is 0 Å². The van der Waals surface area contributed by atoms with Gasteiger partial charge in [0.05, 0.1) is 6.04 Å². The van der Waals surface area contributed by atoms with Crippen molar-refractivity contribution in [3.05, 3.63) is 72.1 Å². The molecular weight excluding hydrogens is 1770 g/mol. The van der Waals surface area contributed by atoms with Crippen molar-refractivity contribution in [1.29, 1.82) is 32.5 Å². The molecule has 0 aliphatic carbocycles. The molecule has 4 rings (SSSR count). The number of carbonyl (C=O) groups excluding carboxylic acids is 13. The fourth-order valence-corrected chi connectivity index (χ4v) is 14.7. The van der Waals surface area contributed by atoms with Gasteiger partial charge in [0, 0.05) is 79.9 Å². The van der Waals surface area contributed by atoms with E-state index in [0.29, 0.717) is 16.5 Å². The molecule has 0 spiro atoms. The highest BCUT2D eigenvalue weighted by Gasteiger charge is 2.41. The fraction of sp³-hybridized carbons (Fsp3) is 0.591. The molecule has 0 bridgehead atoms. The molecule has 0 radical (unpaired) electrons. The van der Waals surface area contributed by atoms with Crippen LogP contribution in [0.3, 0.4) is 0 Å². The molecule has 42 N–H and O–H groups in total. The van der Waals surface area contributed by atoms with E-state index in [0.717, 1.165) is 16.5 Å². The van der Waals surface area contributed by atoms with E-state index >= 15 is 14.4 Å². The van der Waals surface area contributed by atoms with Crippen molar-refractivity contribution >= 4 is 140 Å². The summed E-state index contributed by atoms with van der Waals surface area (Å²) in [5.74, 6) is -19.3. The number of hydrogen-bond acceptors (Lipinski definition) is 21. The zero-order valence-electron chi connectivity index (χ0n) is 80.2. The molecule has 13 amide bonds. The van der Waals surface area contributed by atoms with Crippen LogP contribution in [-0.4, -0.2) is 257 Å². The number of aromatic nitrogens is 2. The molecular formula is C88H148N34O15. The second kappa shape index (κ2) is 58.1. The van der Waals surface area contributed by atoms with Crippen molar-refractivity contribution in [2.75, 3.05) is 39.3 Å². The van der Waals surface area contributed by atoms with E-state index in [2.05, 4.69) is 111 Å². The highest BCUT2D eigenvalue weighted by atomic mass is 16.4. The number of aromatic amines is 2. The Kier molecular flexibility index (Phi) is 48.7. The molecule has 0 unspecified atom stereocenters. The summed E-state index contributed by atoms with van der Waals surface area (Å²) in [6.45, 7) is 19.4. The smallest absolute Gasteiger partial charge is 0.326 e. The maximum Gasteiger partial charge on any atom is 0.326 e. The van der Waals surface area contributed by atoms with Gasteiger partial charge in [0.15, 0.2) is 35.8 Å². The van der Waals surface area contributed by atoms with Crippen LogP contribution in [0, 0.1) is 68.0 Å². The molecule has 0 saturated carbocycles. The second-order valence-corrected chi connectivity index (χ2v) is 35.8. The van der Waals surface area contributed by atoms with Crippen LogP contribution in [0.25, 0.3) is 21.8 Å². The SMILES string of the molecule is CC(C)[C@H](NC(=O)[C@@H](NC(=O)[C@H](CCCNC(=N)N)NC(=O)[C@H](Cc1c[nH]c2ccccc12)NC(=O)[C@H](CCCNC(=N)N)NC(=O)[C@H](CCCNC(=N)N)NC(=O)[C@@H](NC(=O)[C@@H](NC(=O)[C@H](CCCNC(=N)N)NC(=O)[C@@H](NC(=O)[C@@H](NC(=O)[C@H](CCCNC(=N)N)NC(=O)[C@H](CCCNC(=N)N)NC(=O)[C@@H](N)Cc1c[nH]c2ccccc12)C(C)C)C(C)C)C(C)C)C(C)C)C(C)C)C(=O)O. The molecule has 49 nitrogen and oxygen atoms in total. The Balaban J connectivity index is 1.67. The molecule has 0 saturated heterocycles. The zero-order valence-corrected chi connectivity index (χ0v) is 80.2. The Bertz CT molecular complexity index is 4780. The highest BCUT2D eigenvalue weighted by Crippen LogP contribution is 2.23. The number of guanidine groups is 6. The minimum absolute atomic E-state index is 0.0140. The summed E-state index contributed by atoms with van der Waals surface area (Å²) in [7, 11) is 0. The maximum atomic E-state index is 15.2. The molecule has 0 aliphatic heterocycles.